The van der Waals surface area contributed by atoms with Crippen LogP contribution in [0, 0.1) is 0 Å². The second-order valence-corrected chi connectivity index (χ2v) is 6.40. The van der Waals surface area contributed by atoms with Crippen molar-refractivity contribution in [3.05, 3.63) is 54.1 Å². The van der Waals surface area contributed by atoms with Crippen LogP contribution in [-0.4, -0.2) is 45.5 Å². The molecular formula is C21H26F3N3O3. The molecule has 0 amide bonds. The van der Waals surface area contributed by atoms with Gasteiger partial charge in [0.15, 0.2) is 24.1 Å². The molecule has 0 bridgehead atoms. The van der Waals surface area contributed by atoms with Crippen molar-refractivity contribution in [3.8, 4) is 17.2 Å². The van der Waals surface area contributed by atoms with Crippen molar-refractivity contribution < 1.29 is 27.4 Å². The lowest BCUT2D eigenvalue weighted by Gasteiger charge is -2.19. The first-order valence-electron chi connectivity index (χ1n) is 9.34. The molecule has 30 heavy (non-hydrogen) atoms. The highest BCUT2D eigenvalue weighted by Gasteiger charge is 2.28. The second-order valence-electron chi connectivity index (χ2n) is 6.40. The molecule has 0 aliphatic carbocycles. The maximum Gasteiger partial charge on any atom is 0.422 e. The summed E-state index contributed by atoms with van der Waals surface area (Å²) < 4.78 is 53.3. The molecule has 0 spiro atoms. The predicted octanol–water partition coefficient (Wildman–Crippen LogP) is 3.77. The summed E-state index contributed by atoms with van der Waals surface area (Å²) in [5, 5.41) is 6.19. The van der Waals surface area contributed by atoms with E-state index in [2.05, 4.69) is 15.6 Å². The molecule has 2 rings (SSSR count). The fraction of sp³-hybridized carbons (Fsp3) is 0.381. The molecule has 6 nitrogen and oxygen atoms in total. The summed E-state index contributed by atoms with van der Waals surface area (Å²) in [5.74, 6) is 1.93. The Labute approximate surface area is 174 Å². The average molecular weight is 425 g/mol. The molecule has 2 aromatic carbocycles. The lowest BCUT2D eigenvalue weighted by Crippen LogP contribution is -2.41. The van der Waals surface area contributed by atoms with E-state index in [0.29, 0.717) is 29.6 Å². The number of ether oxygens (including phenoxy) is 3. The van der Waals surface area contributed by atoms with E-state index < -0.39 is 12.8 Å². The number of rotatable bonds is 9. The molecule has 9 heteroatoms. The van der Waals surface area contributed by atoms with Crippen LogP contribution in [0.25, 0.3) is 0 Å². The van der Waals surface area contributed by atoms with E-state index >= 15 is 0 Å². The lowest BCUT2D eigenvalue weighted by atomic mass is 10.2. The fourth-order valence-corrected chi connectivity index (χ4v) is 2.56. The first-order chi connectivity index (χ1) is 14.3. The minimum atomic E-state index is -4.39. The number of methoxy groups -OCH3 is 1. The Hall–Kier alpha value is -3.10. The Kier molecular flexibility index (Phi) is 8.64. The van der Waals surface area contributed by atoms with Gasteiger partial charge in [0.1, 0.15) is 11.9 Å². The molecule has 0 fully saturated rings. The molecule has 0 saturated carbocycles. The number of hydrogen-bond donors (Lipinski definition) is 2. The van der Waals surface area contributed by atoms with E-state index in [1.54, 1.807) is 32.4 Å². The molecule has 0 heterocycles. The fourth-order valence-electron chi connectivity index (χ4n) is 2.56. The van der Waals surface area contributed by atoms with Crippen LogP contribution in [0.15, 0.2) is 53.5 Å². The maximum atomic E-state index is 12.4. The van der Waals surface area contributed by atoms with Crippen LogP contribution in [-0.2, 0) is 6.54 Å². The van der Waals surface area contributed by atoms with Gasteiger partial charge in [0.25, 0.3) is 0 Å². The van der Waals surface area contributed by atoms with Gasteiger partial charge in [0, 0.05) is 19.2 Å². The number of alkyl halides is 3. The molecule has 2 aromatic rings. The largest absolute Gasteiger partial charge is 0.493 e. The molecule has 0 radical (unpaired) electrons. The first-order valence-corrected chi connectivity index (χ1v) is 9.34. The van der Waals surface area contributed by atoms with Crippen molar-refractivity contribution in [2.75, 3.05) is 27.3 Å². The van der Waals surface area contributed by atoms with Gasteiger partial charge < -0.3 is 24.8 Å². The normalized spacial score (nSPS) is 12.8. The smallest absolute Gasteiger partial charge is 0.422 e. The number of guanidine groups is 1. The molecule has 0 aliphatic heterocycles. The van der Waals surface area contributed by atoms with E-state index in [0.717, 1.165) is 0 Å². The van der Waals surface area contributed by atoms with Crippen LogP contribution in [0.4, 0.5) is 13.2 Å². The van der Waals surface area contributed by atoms with E-state index in [1.165, 1.54) is 6.07 Å². The van der Waals surface area contributed by atoms with Gasteiger partial charge in [-0.2, -0.15) is 13.2 Å². The van der Waals surface area contributed by atoms with E-state index in [9.17, 15) is 13.2 Å². The van der Waals surface area contributed by atoms with Crippen LogP contribution in [0.2, 0.25) is 0 Å². The summed E-state index contributed by atoms with van der Waals surface area (Å²) >= 11 is 0. The number of halogens is 3. The summed E-state index contributed by atoms with van der Waals surface area (Å²) in [4.78, 5) is 4.12. The molecule has 0 aliphatic rings. The zero-order chi connectivity index (χ0) is 22.0. The van der Waals surface area contributed by atoms with Crippen LogP contribution < -0.4 is 24.8 Å². The Morgan fingerprint density at radius 2 is 1.63 bits per heavy atom. The number of nitrogens with one attached hydrogen (secondary N) is 2. The van der Waals surface area contributed by atoms with E-state index in [1.807, 2.05) is 31.2 Å². The van der Waals surface area contributed by atoms with Crippen molar-refractivity contribution in [1.82, 2.24) is 10.6 Å². The number of aliphatic imine (C=N–C) groups is 1. The van der Waals surface area contributed by atoms with Crippen molar-refractivity contribution in [2.24, 2.45) is 4.99 Å². The Bertz CT molecular complexity index is 828. The molecule has 164 valence electrons. The summed E-state index contributed by atoms with van der Waals surface area (Å²) in [6, 6.07) is 13.9. The van der Waals surface area contributed by atoms with Gasteiger partial charge in [-0.25, -0.2) is 0 Å². The van der Waals surface area contributed by atoms with Gasteiger partial charge in [-0.15, -0.1) is 0 Å². The highest BCUT2D eigenvalue weighted by Crippen LogP contribution is 2.26. The van der Waals surface area contributed by atoms with Crippen LogP contribution in [0.5, 0.6) is 17.2 Å². The predicted molar refractivity (Wildman–Crippen MR) is 109 cm³/mol. The molecular weight excluding hydrogens is 399 g/mol. The Balaban J connectivity index is 1.87. The van der Waals surface area contributed by atoms with Gasteiger partial charge in [-0.3, -0.25) is 4.99 Å². The summed E-state index contributed by atoms with van der Waals surface area (Å²) in [6.07, 6.45) is -4.59. The number of benzene rings is 2. The summed E-state index contributed by atoms with van der Waals surface area (Å²) in [6.45, 7) is 1.25. The number of hydrogen-bond acceptors (Lipinski definition) is 4. The summed E-state index contributed by atoms with van der Waals surface area (Å²) in [7, 11) is 3.18. The zero-order valence-electron chi connectivity index (χ0n) is 17.1. The molecule has 0 aromatic heterocycles. The third-order valence-electron chi connectivity index (χ3n) is 3.99. The average Bonchev–Trinajstić information content (AvgIpc) is 2.73. The van der Waals surface area contributed by atoms with Crippen molar-refractivity contribution >= 4 is 5.96 Å². The third-order valence-corrected chi connectivity index (χ3v) is 3.99. The van der Waals surface area contributed by atoms with Crippen molar-refractivity contribution in [1.29, 1.82) is 0 Å². The highest BCUT2D eigenvalue weighted by molar-refractivity contribution is 5.79. The minimum absolute atomic E-state index is 0.172. The monoisotopic (exact) mass is 425 g/mol. The maximum absolute atomic E-state index is 12.4. The minimum Gasteiger partial charge on any atom is -0.493 e. The van der Waals surface area contributed by atoms with Crippen molar-refractivity contribution in [3.63, 3.8) is 0 Å². The Morgan fingerprint density at radius 3 is 2.27 bits per heavy atom. The van der Waals surface area contributed by atoms with Gasteiger partial charge in [-0.1, -0.05) is 30.3 Å². The summed E-state index contributed by atoms with van der Waals surface area (Å²) in [5.41, 5.74) is 0.586. The Morgan fingerprint density at radius 1 is 1.00 bits per heavy atom. The lowest BCUT2D eigenvalue weighted by molar-refractivity contribution is -0.153. The van der Waals surface area contributed by atoms with Gasteiger partial charge in [0.05, 0.1) is 13.7 Å². The third kappa shape index (κ3) is 7.73. The standard InChI is InChI=1S/C21H26F3N3O3/c1-15(30-19-11-7-6-10-18(19)28-3)12-26-20(25-2)27-13-16-8-4-5-9-17(16)29-14-21(22,23)24/h4-11,15H,12-14H2,1-3H3,(H2,25,26,27). The molecule has 2 N–H and O–H groups in total. The zero-order valence-corrected chi connectivity index (χ0v) is 17.1. The molecule has 1 unspecified atom stereocenters. The van der Waals surface area contributed by atoms with Crippen molar-refractivity contribution in [2.45, 2.75) is 25.7 Å². The van der Waals surface area contributed by atoms with Crippen LogP contribution in [0.1, 0.15) is 12.5 Å². The van der Waals surface area contributed by atoms with Gasteiger partial charge in [0.2, 0.25) is 0 Å². The first kappa shape index (κ1) is 23.2. The topological polar surface area (TPSA) is 64.1 Å². The number of nitrogens with zero attached hydrogens (tertiary/aromatic N) is 1. The van der Waals surface area contributed by atoms with Crippen LogP contribution in [0.3, 0.4) is 0 Å². The van der Waals surface area contributed by atoms with Gasteiger partial charge in [-0.05, 0) is 25.1 Å². The molecule has 1 atom stereocenters. The van der Waals surface area contributed by atoms with Crippen LogP contribution >= 0.6 is 0 Å². The number of para-hydroxylation sites is 3. The SMILES string of the molecule is CN=C(NCc1ccccc1OCC(F)(F)F)NCC(C)Oc1ccccc1OC. The van der Waals surface area contributed by atoms with E-state index in [4.69, 9.17) is 14.2 Å². The highest BCUT2D eigenvalue weighted by atomic mass is 19.4. The van der Waals surface area contributed by atoms with Gasteiger partial charge >= 0.3 is 6.18 Å². The second kappa shape index (κ2) is 11.2. The molecule has 0 saturated heterocycles. The quantitative estimate of drug-likeness (QED) is 0.473. The van der Waals surface area contributed by atoms with E-state index in [-0.39, 0.29) is 18.4 Å².